The van der Waals surface area contributed by atoms with Crippen molar-refractivity contribution >= 4 is 16.9 Å². The molecule has 136 valence electrons. The van der Waals surface area contributed by atoms with Crippen LogP contribution in [0.2, 0.25) is 0 Å². The first-order valence-corrected chi connectivity index (χ1v) is 8.86. The molecule has 0 aliphatic carbocycles. The summed E-state index contributed by atoms with van der Waals surface area (Å²) in [5, 5.41) is 8.39. The number of amides is 1. The second-order valence-electron chi connectivity index (χ2n) is 6.63. The number of carbonyl (C=O) groups excluding carboxylic acids is 1. The van der Waals surface area contributed by atoms with Gasteiger partial charge in [-0.3, -0.25) is 14.2 Å². The zero-order chi connectivity index (χ0) is 18.8. The maximum absolute atomic E-state index is 12.7. The zero-order valence-corrected chi connectivity index (χ0v) is 15.7. The van der Waals surface area contributed by atoms with Crippen LogP contribution in [-0.2, 0) is 11.3 Å². The summed E-state index contributed by atoms with van der Waals surface area (Å²) >= 11 is 0. The highest BCUT2D eigenvalue weighted by Gasteiger charge is 2.18. The number of aryl methyl sites for hydroxylation is 3. The van der Waals surface area contributed by atoms with Crippen LogP contribution in [0.15, 0.2) is 35.1 Å². The lowest BCUT2D eigenvalue weighted by molar-refractivity contribution is -0.121. The van der Waals surface area contributed by atoms with Gasteiger partial charge >= 0.3 is 0 Å². The molecule has 0 saturated heterocycles. The van der Waals surface area contributed by atoms with E-state index in [9.17, 15) is 9.59 Å². The van der Waals surface area contributed by atoms with Crippen LogP contribution in [0.25, 0.3) is 16.7 Å². The van der Waals surface area contributed by atoms with Gasteiger partial charge < -0.3 is 5.32 Å². The predicted molar refractivity (Wildman–Crippen MR) is 103 cm³/mol. The smallest absolute Gasteiger partial charge is 0.252 e. The third kappa shape index (κ3) is 3.27. The van der Waals surface area contributed by atoms with Crippen molar-refractivity contribution in [3.63, 3.8) is 0 Å². The Balaban J connectivity index is 2.22. The van der Waals surface area contributed by atoms with E-state index < -0.39 is 0 Å². The van der Waals surface area contributed by atoms with Crippen LogP contribution in [0.5, 0.6) is 0 Å². The standard InChI is InChI=1S/C20H24N4O2/c1-5-10-21-17(25)12-23-18(26)11-14(3)19-15(4)22-24(20(19)23)16-8-6-13(2)7-9-16/h6-9,11H,5,10,12H2,1-4H3,(H,21,25). The topological polar surface area (TPSA) is 68.9 Å². The van der Waals surface area contributed by atoms with Crippen molar-refractivity contribution in [2.75, 3.05) is 6.54 Å². The Morgan fingerprint density at radius 2 is 1.85 bits per heavy atom. The van der Waals surface area contributed by atoms with E-state index in [1.54, 1.807) is 10.7 Å². The fraction of sp³-hybridized carbons (Fsp3) is 0.350. The van der Waals surface area contributed by atoms with Gasteiger partial charge in [-0.15, -0.1) is 0 Å². The number of aromatic nitrogens is 3. The molecule has 0 atom stereocenters. The number of benzene rings is 1. The molecule has 0 radical (unpaired) electrons. The average Bonchev–Trinajstić information content (AvgIpc) is 2.95. The molecule has 3 rings (SSSR count). The Morgan fingerprint density at radius 3 is 2.50 bits per heavy atom. The van der Waals surface area contributed by atoms with Crippen LogP contribution < -0.4 is 10.9 Å². The summed E-state index contributed by atoms with van der Waals surface area (Å²) in [7, 11) is 0. The van der Waals surface area contributed by atoms with Crippen LogP contribution in [0.3, 0.4) is 0 Å². The third-order valence-corrected chi connectivity index (χ3v) is 4.44. The van der Waals surface area contributed by atoms with Crippen LogP contribution in [0, 0.1) is 20.8 Å². The lowest BCUT2D eigenvalue weighted by atomic mass is 10.1. The number of nitrogens with zero attached hydrogens (tertiary/aromatic N) is 3. The first kappa shape index (κ1) is 17.9. The van der Waals surface area contributed by atoms with Gasteiger partial charge in [0.15, 0.2) is 0 Å². The molecule has 1 N–H and O–H groups in total. The van der Waals surface area contributed by atoms with Gasteiger partial charge in [0, 0.05) is 18.0 Å². The summed E-state index contributed by atoms with van der Waals surface area (Å²) in [6.45, 7) is 8.41. The van der Waals surface area contributed by atoms with E-state index in [2.05, 4.69) is 10.4 Å². The summed E-state index contributed by atoms with van der Waals surface area (Å²) in [4.78, 5) is 24.9. The number of nitrogens with one attached hydrogen (secondary N) is 1. The predicted octanol–water partition coefficient (Wildman–Crippen LogP) is 2.64. The minimum absolute atomic E-state index is 0.0212. The largest absolute Gasteiger partial charge is 0.355 e. The lowest BCUT2D eigenvalue weighted by Gasteiger charge is -2.12. The molecule has 0 bridgehead atoms. The normalized spacial score (nSPS) is 11.1. The van der Waals surface area contributed by atoms with E-state index in [0.717, 1.165) is 34.3 Å². The first-order chi connectivity index (χ1) is 12.4. The second-order valence-corrected chi connectivity index (χ2v) is 6.63. The Hall–Kier alpha value is -2.89. The first-order valence-electron chi connectivity index (χ1n) is 8.86. The number of fused-ring (bicyclic) bond motifs is 1. The van der Waals surface area contributed by atoms with E-state index in [0.29, 0.717) is 12.2 Å². The van der Waals surface area contributed by atoms with Gasteiger partial charge in [0.05, 0.1) is 11.4 Å². The maximum atomic E-state index is 12.7. The van der Waals surface area contributed by atoms with Crippen molar-refractivity contribution in [3.05, 3.63) is 57.5 Å². The molecule has 0 aliphatic heterocycles. The van der Waals surface area contributed by atoms with Crippen molar-refractivity contribution in [1.29, 1.82) is 0 Å². The van der Waals surface area contributed by atoms with E-state index in [-0.39, 0.29) is 18.0 Å². The maximum Gasteiger partial charge on any atom is 0.252 e. The van der Waals surface area contributed by atoms with Gasteiger partial charge in [-0.2, -0.15) is 5.10 Å². The minimum Gasteiger partial charge on any atom is -0.355 e. The van der Waals surface area contributed by atoms with E-state index >= 15 is 0 Å². The molecule has 2 aromatic heterocycles. The minimum atomic E-state index is -0.199. The second kappa shape index (κ2) is 7.15. The Bertz CT molecular complexity index is 1010. The highest BCUT2D eigenvalue weighted by molar-refractivity contribution is 5.85. The van der Waals surface area contributed by atoms with Crippen molar-refractivity contribution in [3.8, 4) is 5.69 Å². The highest BCUT2D eigenvalue weighted by Crippen LogP contribution is 2.23. The molecule has 3 aromatic rings. The molecule has 0 aliphatic rings. The molecule has 1 amide bonds. The molecular formula is C20H24N4O2. The number of pyridine rings is 1. The van der Waals surface area contributed by atoms with Gasteiger partial charge in [0.25, 0.3) is 5.56 Å². The molecule has 26 heavy (non-hydrogen) atoms. The summed E-state index contributed by atoms with van der Waals surface area (Å²) in [6.07, 6.45) is 0.852. The Kier molecular flexibility index (Phi) is 4.93. The molecular weight excluding hydrogens is 328 g/mol. The summed E-state index contributed by atoms with van der Waals surface area (Å²) < 4.78 is 3.26. The van der Waals surface area contributed by atoms with Crippen molar-refractivity contribution in [2.45, 2.75) is 40.7 Å². The van der Waals surface area contributed by atoms with Crippen LogP contribution >= 0.6 is 0 Å². The highest BCUT2D eigenvalue weighted by atomic mass is 16.2. The summed E-state index contributed by atoms with van der Waals surface area (Å²) in [6, 6.07) is 9.52. The Labute approximate surface area is 152 Å². The number of rotatable bonds is 5. The fourth-order valence-electron chi connectivity index (χ4n) is 3.15. The molecule has 0 spiro atoms. The van der Waals surface area contributed by atoms with Crippen molar-refractivity contribution in [1.82, 2.24) is 19.7 Å². The van der Waals surface area contributed by atoms with Crippen LogP contribution in [0.4, 0.5) is 0 Å². The number of hydrogen-bond acceptors (Lipinski definition) is 3. The SMILES string of the molecule is CCCNC(=O)Cn1c(=O)cc(C)c2c(C)nn(-c3ccc(C)cc3)c21. The van der Waals surface area contributed by atoms with Gasteiger partial charge in [-0.25, -0.2) is 4.68 Å². The molecule has 2 heterocycles. The quantitative estimate of drug-likeness (QED) is 0.767. The van der Waals surface area contributed by atoms with Crippen LogP contribution in [-0.4, -0.2) is 26.8 Å². The van der Waals surface area contributed by atoms with Gasteiger partial charge in [-0.1, -0.05) is 24.6 Å². The van der Waals surface area contributed by atoms with E-state index in [1.807, 2.05) is 52.0 Å². The number of hydrogen-bond donors (Lipinski definition) is 1. The van der Waals surface area contributed by atoms with Crippen molar-refractivity contribution in [2.24, 2.45) is 0 Å². The summed E-state index contributed by atoms with van der Waals surface area (Å²) in [5.74, 6) is -0.173. The average molecular weight is 352 g/mol. The van der Waals surface area contributed by atoms with E-state index in [4.69, 9.17) is 0 Å². The molecule has 0 unspecified atom stereocenters. The monoisotopic (exact) mass is 352 g/mol. The lowest BCUT2D eigenvalue weighted by Crippen LogP contribution is -2.33. The van der Waals surface area contributed by atoms with Crippen molar-refractivity contribution < 1.29 is 4.79 Å². The molecule has 1 aromatic carbocycles. The van der Waals surface area contributed by atoms with Gasteiger partial charge in [0.1, 0.15) is 12.2 Å². The van der Waals surface area contributed by atoms with E-state index in [1.165, 1.54) is 4.57 Å². The Morgan fingerprint density at radius 1 is 1.15 bits per heavy atom. The van der Waals surface area contributed by atoms with Gasteiger partial charge in [-0.05, 0) is 44.9 Å². The molecule has 6 heteroatoms. The molecule has 0 saturated carbocycles. The number of carbonyl (C=O) groups is 1. The third-order valence-electron chi connectivity index (χ3n) is 4.44. The zero-order valence-electron chi connectivity index (χ0n) is 15.7. The fourth-order valence-corrected chi connectivity index (χ4v) is 3.15. The summed E-state index contributed by atoms with van der Waals surface area (Å²) in [5.41, 5.74) is 4.17. The van der Waals surface area contributed by atoms with Crippen LogP contribution in [0.1, 0.15) is 30.2 Å². The molecule has 0 fully saturated rings. The van der Waals surface area contributed by atoms with Gasteiger partial charge in [0.2, 0.25) is 5.91 Å². The molecule has 6 nitrogen and oxygen atoms in total.